The number of aliphatic hydroxyl groups is 8. The van der Waals surface area contributed by atoms with Crippen LogP contribution in [0.5, 0.6) is 0 Å². The molecule has 0 aromatic rings. The number of aliphatic hydroxyl groups excluding tert-OH is 8. The third-order valence-electron chi connectivity index (χ3n) is 3.58. The molecule has 0 radical (unpaired) electrons. The number of nitrogens with zero attached hydrogens (tertiary/aromatic N) is 4. The molecule has 14 N–H and O–H groups in total. The van der Waals surface area contributed by atoms with Crippen LogP contribution in [0.15, 0.2) is 20.4 Å². The second-order valence-electron chi connectivity index (χ2n) is 6.01. The summed E-state index contributed by atoms with van der Waals surface area (Å²) >= 11 is 0. The highest BCUT2D eigenvalue weighted by atomic mass is 16.4. The highest BCUT2D eigenvalue weighted by Gasteiger charge is 2.34. The Bertz CT molecular complexity index is 696. The maximum absolute atomic E-state index is 10.5. The van der Waals surface area contributed by atoms with E-state index in [-0.39, 0.29) is 0 Å². The van der Waals surface area contributed by atoms with Gasteiger partial charge < -0.3 is 62.5 Å². The number of carboxylic acid groups (broad SMARTS) is 2. The lowest BCUT2D eigenvalue weighted by Gasteiger charge is -2.22. The molecule has 0 rings (SSSR count). The van der Waals surface area contributed by atoms with Crippen molar-refractivity contribution in [2.24, 2.45) is 31.9 Å². The van der Waals surface area contributed by atoms with Gasteiger partial charge in [-0.2, -0.15) is 10.2 Å². The van der Waals surface area contributed by atoms with Gasteiger partial charge in [0.1, 0.15) is 36.6 Å². The van der Waals surface area contributed by atoms with Crippen LogP contribution in [0, 0.1) is 0 Å². The highest BCUT2D eigenvalue weighted by Crippen LogP contribution is 2.05. The van der Waals surface area contributed by atoms with Crippen molar-refractivity contribution in [2.75, 3.05) is 0 Å². The lowest BCUT2D eigenvalue weighted by molar-refractivity contribution is -0.161. The SMILES string of the molecule is NC(=N/N=C/[C@H](O)[C@H](O)[C@H](O)[C@H](O)C(=O)O)C(N)=N/N=C/[C@H](O)[C@H](O)[C@H](O)[C@H](O)C(=O)O. The summed E-state index contributed by atoms with van der Waals surface area (Å²) in [6, 6.07) is 0. The first-order valence-corrected chi connectivity index (χ1v) is 8.36. The third-order valence-corrected chi connectivity index (χ3v) is 3.58. The average molecular weight is 468 g/mol. The minimum Gasteiger partial charge on any atom is -0.479 e. The Hall–Kier alpha value is -3.10. The van der Waals surface area contributed by atoms with Crippen molar-refractivity contribution in [1.82, 2.24) is 0 Å². The molecule has 0 amide bonds. The van der Waals surface area contributed by atoms with E-state index in [9.17, 15) is 40.2 Å². The average Bonchev–Trinajstić information content (AvgIpc) is 2.74. The minimum atomic E-state index is -2.38. The molecule has 0 heterocycles. The minimum absolute atomic E-state index is 0.515. The van der Waals surface area contributed by atoms with Crippen molar-refractivity contribution in [2.45, 2.75) is 48.8 Å². The molecule has 32 heavy (non-hydrogen) atoms. The van der Waals surface area contributed by atoms with Gasteiger partial charge in [0.2, 0.25) is 0 Å². The molecule has 0 aromatic carbocycles. The monoisotopic (exact) mass is 468 g/mol. The van der Waals surface area contributed by atoms with Crippen molar-refractivity contribution in [3.8, 4) is 0 Å². The van der Waals surface area contributed by atoms with Crippen LogP contribution in [0.1, 0.15) is 0 Å². The Labute approximate surface area is 178 Å². The number of hydrogen-bond acceptors (Lipinski definition) is 14. The van der Waals surface area contributed by atoms with Gasteiger partial charge in [0.15, 0.2) is 23.9 Å². The maximum Gasteiger partial charge on any atom is 0.335 e. The number of nitrogens with two attached hydrogens (primary N) is 2. The molecule has 0 saturated heterocycles. The van der Waals surface area contributed by atoms with E-state index in [1.807, 2.05) is 0 Å². The summed E-state index contributed by atoms with van der Waals surface area (Å²) in [7, 11) is 0. The van der Waals surface area contributed by atoms with Crippen LogP contribution in [-0.4, -0.2) is 136 Å². The normalized spacial score (nSPS) is 21.0. The molecule has 0 aliphatic carbocycles. The molecule has 182 valence electrons. The van der Waals surface area contributed by atoms with Crippen LogP contribution >= 0.6 is 0 Å². The Kier molecular flexibility index (Phi) is 12.0. The van der Waals surface area contributed by atoms with Crippen molar-refractivity contribution >= 4 is 36.0 Å². The van der Waals surface area contributed by atoms with Gasteiger partial charge in [-0.25, -0.2) is 9.59 Å². The molecule has 0 aliphatic rings. The quantitative estimate of drug-likeness (QED) is 0.0719. The van der Waals surface area contributed by atoms with E-state index in [2.05, 4.69) is 20.4 Å². The van der Waals surface area contributed by atoms with Gasteiger partial charge in [0, 0.05) is 0 Å². The molecule has 0 bridgehead atoms. The number of hydrogen-bond donors (Lipinski definition) is 12. The van der Waals surface area contributed by atoms with E-state index in [0.29, 0.717) is 12.4 Å². The Balaban J connectivity index is 5.00. The van der Waals surface area contributed by atoms with Gasteiger partial charge >= 0.3 is 11.9 Å². The zero-order valence-corrected chi connectivity index (χ0v) is 16.0. The largest absolute Gasteiger partial charge is 0.479 e. The number of aliphatic carboxylic acids is 2. The van der Waals surface area contributed by atoms with E-state index in [0.717, 1.165) is 0 Å². The van der Waals surface area contributed by atoms with Crippen LogP contribution in [0.2, 0.25) is 0 Å². The number of rotatable bonds is 12. The van der Waals surface area contributed by atoms with Crippen molar-refractivity contribution in [1.29, 1.82) is 0 Å². The summed E-state index contributed by atoms with van der Waals surface area (Å²) in [5, 5.41) is 105. The van der Waals surface area contributed by atoms with Crippen molar-refractivity contribution < 1.29 is 60.7 Å². The van der Waals surface area contributed by atoms with Crippen molar-refractivity contribution in [3.05, 3.63) is 0 Å². The molecule has 0 spiro atoms. The highest BCUT2D eigenvalue weighted by molar-refractivity contribution is 6.39. The molecule has 0 saturated carbocycles. The Morgan fingerprint density at radius 3 is 1.12 bits per heavy atom. The molecule has 0 unspecified atom stereocenters. The van der Waals surface area contributed by atoms with Gasteiger partial charge in [-0.3, -0.25) is 0 Å². The van der Waals surface area contributed by atoms with Crippen molar-refractivity contribution in [3.63, 3.8) is 0 Å². The van der Waals surface area contributed by atoms with Crippen LogP contribution in [0.25, 0.3) is 0 Å². The molecule has 8 atom stereocenters. The summed E-state index contributed by atoms with van der Waals surface area (Å²) in [5.41, 5.74) is 10.7. The third kappa shape index (κ3) is 8.95. The van der Waals surface area contributed by atoms with Crippen LogP contribution in [-0.2, 0) is 9.59 Å². The summed E-state index contributed by atoms with van der Waals surface area (Å²) in [5.74, 6) is -4.94. The molecule has 0 aromatic heterocycles. The molecular formula is C14H24N6O12. The number of amidine groups is 2. The van der Waals surface area contributed by atoms with E-state index >= 15 is 0 Å². The Morgan fingerprint density at radius 2 is 0.875 bits per heavy atom. The van der Waals surface area contributed by atoms with E-state index in [1.165, 1.54) is 0 Å². The van der Waals surface area contributed by atoms with Gasteiger partial charge in [-0.1, -0.05) is 0 Å². The summed E-state index contributed by atoms with van der Waals surface area (Å²) in [6.45, 7) is 0. The molecular weight excluding hydrogens is 444 g/mol. The maximum atomic E-state index is 10.5. The summed E-state index contributed by atoms with van der Waals surface area (Å²) in [4.78, 5) is 21.0. The lowest BCUT2D eigenvalue weighted by Crippen LogP contribution is -2.48. The standard InChI is InChI=1S/C14H24N6O12/c15-11(19-17-1-3(21)5(23)7(25)9(27)13(29)30)12(16)20-18-2-4(22)6(24)8(26)10(28)14(31)32/h1-10,21-28H,(H2,15,19)(H2,16,20)(H,29,30)(H,31,32)/b17-1+,18-2+/t3-,4-,5-,6-,7-,8-,9-,10-/m0/s1. The zero-order chi connectivity index (χ0) is 25.2. The van der Waals surface area contributed by atoms with Gasteiger partial charge in [0.25, 0.3) is 0 Å². The predicted molar refractivity (Wildman–Crippen MR) is 104 cm³/mol. The fourth-order valence-corrected chi connectivity index (χ4v) is 1.68. The molecule has 18 heteroatoms. The Morgan fingerprint density at radius 1 is 0.594 bits per heavy atom. The van der Waals surface area contributed by atoms with Crippen LogP contribution in [0.4, 0.5) is 0 Å². The smallest absolute Gasteiger partial charge is 0.335 e. The first kappa shape index (κ1) is 28.9. The van der Waals surface area contributed by atoms with Gasteiger partial charge in [-0.15, -0.1) is 10.2 Å². The molecule has 18 nitrogen and oxygen atoms in total. The number of carboxylic acids is 2. The number of carbonyl (C=O) groups is 2. The van der Waals surface area contributed by atoms with Crippen LogP contribution < -0.4 is 11.5 Å². The predicted octanol–water partition coefficient (Wildman–Crippen LogP) is -7.27. The molecule has 0 aliphatic heterocycles. The first-order valence-electron chi connectivity index (χ1n) is 8.36. The van der Waals surface area contributed by atoms with Crippen LogP contribution in [0.3, 0.4) is 0 Å². The fourth-order valence-electron chi connectivity index (χ4n) is 1.68. The van der Waals surface area contributed by atoms with E-state index in [4.69, 9.17) is 31.9 Å². The summed E-state index contributed by atoms with van der Waals surface area (Å²) in [6.07, 6.45) is -16.5. The summed E-state index contributed by atoms with van der Waals surface area (Å²) < 4.78 is 0. The van der Waals surface area contributed by atoms with Gasteiger partial charge in [-0.05, 0) is 0 Å². The zero-order valence-electron chi connectivity index (χ0n) is 16.0. The lowest BCUT2D eigenvalue weighted by atomic mass is 10.0. The van der Waals surface area contributed by atoms with E-state index < -0.39 is 72.4 Å². The second-order valence-corrected chi connectivity index (χ2v) is 6.01. The van der Waals surface area contributed by atoms with Gasteiger partial charge in [0.05, 0.1) is 12.4 Å². The second kappa shape index (κ2) is 13.3. The fraction of sp³-hybridized carbons (Fsp3) is 0.571. The molecule has 0 fully saturated rings. The van der Waals surface area contributed by atoms with E-state index in [1.54, 1.807) is 0 Å². The first-order chi connectivity index (χ1) is 14.7. The topological polar surface area (TPSA) is 338 Å².